The van der Waals surface area contributed by atoms with Crippen LogP contribution >= 0.6 is 0 Å². The van der Waals surface area contributed by atoms with Gasteiger partial charge in [0.1, 0.15) is 0 Å². The molecule has 78 valence electrons. The Labute approximate surface area is 80.8 Å². The maximum absolute atomic E-state index is 5.32. The van der Waals surface area contributed by atoms with Crippen molar-refractivity contribution < 1.29 is 9.47 Å². The largest absolute Gasteiger partial charge is 0.382 e. The van der Waals surface area contributed by atoms with E-state index in [1.807, 2.05) is 0 Å². The van der Waals surface area contributed by atoms with Crippen molar-refractivity contribution in [3.63, 3.8) is 0 Å². The van der Waals surface area contributed by atoms with E-state index in [1.54, 1.807) is 7.11 Å². The molecule has 0 unspecified atom stereocenters. The first-order valence-corrected chi connectivity index (χ1v) is 5.04. The van der Waals surface area contributed by atoms with Crippen LogP contribution in [0.15, 0.2) is 0 Å². The predicted octanol–water partition coefficient (Wildman–Crippen LogP) is 1.04. The summed E-state index contributed by atoms with van der Waals surface area (Å²) in [5.41, 5.74) is 0.604. The van der Waals surface area contributed by atoms with Gasteiger partial charge in [-0.1, -0.05) is 6.92 Å². The van der Waals surface area contributed by atoms with Gasteiger partial charge in [-0.3, -0.25) is 0 Å². The van der Waals surface area contributed by atoms with Crippen LogP contribution in [0.1, 0.15) is 19.8 Å². The lowest BCUT2D eigenvalue weighted by Crippen LogP contribution is -2.26. The normalized spacial score (nSPS) is 18.9. The monoisotopic (exact) mass is 187 g/mol. The quantitative estimate of drug-likeness (QED) is 0.576. The molecule has 0 aromatic rings. The van der Waals surface area contributed by atoms with Gasteiger partial charge in [-0.15, -0.1) is 0 Å². The van der Waals surface area contributed by atoms with Crippen LogP contribution in [0.2, 0.25) is 0 Å². The van der Waals surface area contributed by atoms with Crippen molar-refractivity contribution >= 4 is 0 Å². The fraction of sp³-hybridized carbons (Fsp3) is 1.00. The smallest absolute Gasteiger partial charge is 0.0700 e. The maximum Gasteiger partial charge on any atom is 0.0700 e. The molecule has 0 aromatic carbocycles. The molecule has 0 amide bonds. The summed E-state index contributed by atoms with van der Waals surface area (Å²) < 4.78 is 10.2. The minimum Gasteiger partial charge on any atom is -0.382 e. The third-order valence-corrected chi connectivity index (χ3v) is 2.51. The molecule has 1 N–H and O–H groups in total. The van der Waals surface area contributed by atoms with Crippen molar-refractivity contribution in [2.24, 2.45) is 5.41 Å². The average Bonchev–Trinajstić information content (AvgIpc) is 2.83. The van der Waals surface area contributed by atoms with Crippen LogP contribution in [-0.4, -0.2) is 40.0 Å². The van der Waals surface area contributed by atoms with E-state index < -0.39 is 0 Å². The zero-order valence-corrected chi connectivity index (χ0v) is 8.77. The summed E-state index contributed by atoms with van der Waals surface area (Å²) in [6, 6.07) is 0. The molecule has 0 aliphatic heterocycles. The molecule has 0 saturated heterocycles. The van der Waals surface area contributed by atoms with E-state index in [0.29, 0.717) is 18.6 Å². The third kappa shape index (κ3) is 5.24. The predicted molar refractivity (Wildman–Crippen MR) is 52.9 cm³/mol. The molecule has 0 spiro atoms. The van der Waals surface area contributed by atoms with Crippen LogP contribution in [0.3, 0.4) is 0 Å². The minimum absolute atomic E-state index is 0.604. The van der Waals surface area contributed by atoms with Crippen molar-refractivity contribution in [3.05, 3.63) is 0 Å². The van der Waals surface area contributed by atoms with E-state index in [1.165, 1.54) is 12.8 Å². The average molecular weight is 187 g/mol. The first kappa shape index (κ1) is 11.0. The van der Waals surface area contributed by atoms with Crippen molar-refractivity contribution in [3.8, 4) is 0 Å². The van der Waals surface area contributed by atoms with Gasteiger partial charge in [0.25, 0.3) is 0 Å². The van der Waals surface area contributed by atoms with Gasteiger partial charge < -0.3 is 14.8 Å². The molecule has 0 atom stereocenters. The molecule has 3 heteroatoms. The highest BCUT2D eigenvalue weighted by molar-refractivity contribution is 4.90. The number of hydrogen-bond acceptors (Lipinski definition) is 3. The Bertz CT molecular complexity index is 135. The molecule has 0 heterocycles. The fourth-order valence-electron chi connectivity index (χ4n) is 1.17. The van der Waals surface area contributed by atoms with Crippen LogP contribution in [-0.2, 0) is 9.47 Å². The van der Waals surface area contributed by atoms with E-state index in [-0.39, 0.29) is 0 Å². The highest BCUT2D eigenvalue weighted by Crippen LogP contribution is 2.43. The fourth-order valence-corrected chi connectivity index (χ4v) is 1.17. The van der Waals surface area contributed by atoms with Crippen LogP contribution in [0.5, 0.6) is 0 Å². The second-order valence-corrected chi connectivity index (χ2v) is 4.09. The van der Waals surface area contributed by atoms with Gasteiger partial charge in [-0.25, -0.2) is 0 Å². The molecule has 1 aliphatic rings. The van der Waals surface area contributed by atoms with Crippen LogP contribution < -0.4 is 5.32 Å². The van der Waals surface area contributed by atoms with Gasteiger partial charge in [-0.05, 0) is 18.3 Å². The van der Waals surface area contributed by atoms with E-state index in [0.717, 1.165) is 19.7 Å². The molecule has 1 aliphatic carbocycles. The third-order valence-electron chi connectivity index (χ3n) is 2.51. The summed E-state index contributed by atoms with van der Waals surface area (Å²) in [5, 5.41) is 3.40. The van der Waals surface area contributed by atoms with Gasteiger partial charge in [0.2, 0.25) is 0 Å². The first-order chi connectivity index (χ1) is 6.27. The standard InChI is InChI=1S/C10H21NO2/c1-10(3-4-10)9-11-5-6-13-8-7-12-2/h11H,3-9H2,1-2H3. The number of hydrogen-bond donors (Lipinski definition) is 1. The SMILES string of the molecule is COCCOCCNCC1(C)CC1. The Morgan fingerprint density at radius 1 is 1.23 bits per heavy atom. The van der Waals surface area contributed by atoms with Gasteiger partial charge in [-0.2, -0.15) is 0 Å². The van der Waals surface area contributed by atoms with E-state index in [4.69, 9.17) is 9.47 Å². The lowest BCUT2D eigenvalue weighted by atomic mass is 10.1. The number of nitrogens with one attached hydrogen (secondary N) is 1. The molecule has 0 aromatic heterocycles. The first-order valence-electron chi connectivity index (χ1n) is 5.04. The van der Waals surface area contributed by atoms with Crippen molar-refractivity contribution in [2.75, 3.05) is 40.0 Å². The van der Waals surface area contributed by atoms with E-state index >= 15 is 0 Å². The van der Waals surface area contributed by atoms with Crippen molar-refractivity contribution in [1.29, 1.82) is 0 Å². The van der Waals surface area contributed by atoms with Gasteiger partial charge in [0, 0.05) is 20.2 Å². The Kier molecular flexibility index (Phi) is 4.70. The molecule has 1 saturated carbocycles. The van der Waals surface area contributed by atoms with Crippen LogP contribution in [0, 0.1) is 5.41 Å². The van der Waals surface area contributed by atoms with Gasteiger partial charge >= 0.3 is 0 Å². The Balaban J connectivity index is 1.74. The Hall–Kier alpha value is -0.120. The van der Waals surface area contributed by atoms with Gasteiger partial charge in [0.05, 0.1) is 19.8 Å². The second kappa shape index (κ2) is 5.58. The van der Waals surface area contributed by atoms with Gasteiger partial charge in [0.15, 0.2) is 0 Å². The van der Waals surface area contributed by atoms with Crippen molar-refractivity contribution in [1.82, 2.24) is 5.32 Å². The molecule has 13 heavy (non-hydrogen) atoms. The zero-order valence-electron chi connectivity index (χ0n) is 8.77. The number of ether oxygens (including phenoxy) is 2. The molecule has 1 rings (SSSR count). The molecular weight excluding hydrogens is 166 g/mol. The van der Waals surface area contributed by atoms with Crippen LogP contribution in [0.4, 0.5) is 0 Å². The molecule has 0 bridgehead atoms. The summed E-state index contributed by atoms with van der Waals surface area (Å²) >= 11 is 0. The minimum atomic E-state index is 0.604. The van der Waals surface area contributed by atoms with E-state index in [2.05, 4.69) is 12.2 Å². The summed E-state index contributed by atoms with van der Waals surface area (Å²) in [7, 11) is 1.69. The Morgan fingerprint density at radius 2 is 2.00 bits per heavy atom. The lowest BCUT2D eigenvalue weighted by molar-refractivity contribution is 0.0716. The summed E-state index contributed by atoms with van der Waals surface area (Å²) in [5.74, 6) is 0. The highest BCUT2D eigenvalue weighted by Gasteiger charge is 2.36. The summed E-state index contributed by atoms with van der Waals surface area (Å²) in [6.45, 7) is 6.61. The second-order valence-electron chi connectivity index (χ2n) is 4.09. The molecule has 1 fully saturated rings. The highest BCUT2D eigenvalue weighted by atomic mass is 16.5. The molecular formula is C10H21NO2. The topological polar surface area (TPSA) is 30.5 Å². The van der Waals surface area contributed by atoms with Crippen molar-refractivity contribution in [2.45, 2.75) is 19.8 Å². The number of rotatable bonds is 8. The van der Waals surface area contributed by atoms with Crippen LogP contribution in [0.25, 0.3) is 0 Å². The summed E-state index contributed by atoms with van der Waals surface area (Å²) in [4.78, 5) is 0. The van der Waals surface area contributed by atoms with E-state index in [9.17, 15) is 0 Å². The molecule has 0 radical (unpaired) electrons. The Morgan fingerprint density at radius 3 is 2.62 bits per heavy atom. The lowest BCUT2D eigenvalue weighted by Gasteiger charge is -2.09. The zero-order chi connectivity index (χ0) is 9.57. The number of methoxy groups -OCH3 is 1. The molecule has 3 nitrogen and oxygen atoms in total. The summed E-state index contributed by atoms with van der Waals surface area (Å²) in [6.07, 6.45) is 2.76. The maximum atomic E-state index is 5.32.